The van der Waals surface area contributed by atoms with Crippen LogP contribution in [-0.2, 0) is 13.0 Å². The summed E-state index contributed by atoms with van der Waals surface area (Å²) in [6, 6.07) is 17.5. The normalized spacial score (nSPS) is 10.2. The van der Waals surface area contributed by atoms with Gasteiger partial charge >= 0.3 is 0 Å². The standard InChI is InChI=1S/C21H21N2O2.ClH/c1-16-3-4-17(2)20(13-16)15-22-11-9-19(10-12-22)14-18-5-7-21(8-6-18)23(24)25;/h3-13H,14-15H2,1-2H3;1H/q+1;/p-1. The van der Waals surface area contributed by atoms with E-state index < -0.39 is 0 Å². The first-order chi connectivity index (χ1) is 12.0. The lowest BCUT2D eigenvalue weighted by molar-refractivity contribution is -0.688. The van der Waals surface area contributed by atoms with Crippen LogP contribution in [0.5, 0.6) is 0 Å². The van der Waals surface area contributed by atoms with Crippen molar-refractivity contribution in [3.05, 3.63) is 105 Å². The Morgan fingerprint density at radius 1 is 0.923 bits per heavy atom. The molecule has 0 atom stereocenters. The van der Waals surface area contributed by atoms with E-state index in [1.54, 1.807) is 12.1 Å². The molecule has 0 unspecified atom stereocenters. The van der Waals surface area contributed by atoms with Gasteiger partial charge in [-0.2, -0.15) is 0 Å². The predicted octanol–water partition coefficient (Wildman–Crippen LogP) is 1.14. The van der Waals surface area contributed by atoms with E-state index in [1.807, 2.05) is 12.1 Å². The fraction of sp³-hybridized carbons (Fsp3) is 0.190. The van der Waals surface area contributed by atoms with E-state index in [2.05, 4.69) is 61.1 Å². The molecule has 3 rings (SSSR count). The number of nitro groups is 1. The highest BCUT2D eigenvalue weighted by atomic mass is 35.5. The van der Waals surface area contributed by atoms with Crippen molar-refractivity contribution in [2.24, 2.45) is 0 Å². The van der Waals surface area contributed by atoms with Crippen LogP contribution in [0, 0.1) is 24.0 Å². The summed E-state index contributed by atoms with van der Waals surface area (Å²) in [5, 5.41) is 10.7. The molecule has 0 fully saturated rings. The van der Waals surface area contributed by atoms with Gasteiger partial charge in [-0.05, 0) is 43.0 Å². The van der Waals surface area contributed by atoms with Gasteiger partial charge in [0.25, 0.3) is 5.69 Å². The number of benzene rings is 2. The topological polar surface area (TPSA) is 47.0 Å². The second kappa shape index (κ2) is 8.59. The molecule has 0 aliphatic carbocycles. The zero-order valence-electron chi connectivity index (χ0n) is 14.9. The Morgan fingerprint density at radius 3 is 2.15 bits per heavy atom. The molecule has 2 aromatic carbocycles. The first-order valence-electron chi connectivity index (χ1n) is 8.29. The maximum Gasteiger partial charge on any atom is 0.269 e. The van der Waals surface area contributed by atoms with Crippen LogP contribution in [0.3, 0.4) is 0 Å². The van der Waals surface area contributed by atoms with Gasteiger partial charge in [0.05, 0.1) is 4.92 Å². The largest absolute Gasteiger partial charge is 1.00 e. The zero-order valence-corrected chi connectivity index (χ0v) is 15.6. The van der Waals surface area contributed by atoms with Crippen molar-refractivity contribution in [1.82, 2.24) is 0 Å². The summed E-state index contributed by atoms with van der Waals surface area (Å²) in [5.74, 6) is 0. The summed E-state index contributed by atoms with van der Waals surface area (Å²) >= 11 is 0. The minimum Gasteiger partial charge on any atom is -1.00 e. The monoisotopic (exact) mass is 368 g/mol. The van der Waals surface area contributed by atoms with Crippen molar-refractivity contribution in [1.29, 1.82) is 0 Å². The number of hydrogen-bond acceptors (Lipinski definition) is 2. The summed E-state index contributed by atoms with van der Waals surface area (Å²) in [6.07, 6.45) is 4.94. The third-order valence-corrected chi connectivity index (χ3v) is 4.37. The summed E-state index contributed by atoms with van der Waals surface area (Å²) in [4.78, 5) is 10.3. The van der Waals surface area contributed by atoms with Crippen molar-refractivity contribution >= 4 is 5.69 Å². The van der Waals surface area contributed by atoms with E-state index in [-0.39, 0.29) is 23.0 Å². The molecule has 134 valence electrons. The maximum absolute atomic E-state index is 10.7. The first kappa shape index (κ1) is 19.6. The smallest absolute Gasteiger partial charge is 0.269 e. The Kier molecular flexibility index (Phi) is 6.47. The molecule has 26 heavy (non-hydrogen) atoms. The number of nitro benzene ring substituents is 1. The molecule has 0 spiro atoms. The van der Waals surface area contributed by atoms with Gasteiger partial charge in [0.2, 0.25) is 0 Å². The fourth-order valence-electron chi connectivity index (χ4n) is 2.85. The highest BCUT2D eigenvalue weighted by Crippen LogP contribution is 2.15. The molecule has 0 amide bonds. The Hall–Kier alpha value is -2.72. The highest BCUT2D eigenvalue weighted by Gasteiger charge is 2.08. The molecular weight excluding hydrogens is 348 g/mol. The van der Waals surface area contributed by atoms with Crippen molar-refractivity contribution in [2.75, 3.05) is 0 Å². The van der Waals surface area contributed by atoms with Gasteiger partial charge in [0.15, 0.2) is 18.9 Å². The van der Waals surface area contributed by atoms with E-state index in [9.17, 15) is 10.1 Å². The second-order valence-corrected chi connectivity index (χ2v) is 6.41. The quantitative estimate of drug-likeness (QED) is 0.385. The molecule has 5 heteroatoms. The molecule has 0 saturated heterocycles. The second-order valence-electron chi connectivity index (χ2n) is 6.41. The molecule has 1 heterocycles. The number of non-ortho nitro benzene ring substituents is 1. The van der Waals surface area contributed by atoms with E-state index in [1.165, 1.54) is 22.3 Å². The summed E-state index contributed by atoms with van der Waals surface area (Å²) in [5.41, 5.74) is 6.28. The zero-order chi connectivity index (χ0) is 17.8. The van der Waals surface area contributed by atoms with E-state index in [0.29, 0.717) is 0 Å². The molecule has 0 N–H and O–H groups in total. The van der Waals surface area contributed by atoms with Gasteiger partial charge in [-0.3, -0.25) is 10.1 Å². The molecule has 0 aliphatic rings. The number of nitrogens with zero attached hydrogens (tertiary/aromatic N) is 2. The van der Waals surface area contributed by atoms with Crippen LogP contribution in [-0.4, -0.2) is 4.92 Å². The van der Waals surface area contributed by atoms with Gasteiger partial charge in [-0.1, -0.05) is 29.8 Å². The number of halogens is 1. The molecule has 3 aromatic rings. The summed E-state index contributed by atoms with van der Waals surface area (Å²) < 4.78 is 2.17. The van der Waals surface area contributed by atoms with Gasteiger partial charge in [0.1, 0.15) is 0 Å². The average molecular weight is 369 g/mol. The van der Waals surface area contributed by atoms with Crippen molar-refractivity contribution in [3.8, 4) is 0 Å². The van der Waals surface area contributed by atoms with Crippen LogP contribution in [0.25, 0.3) is 0 Å². The van der Waals surface area contributed by atoms with Gasteiger partial charge in [0, 0.05) is 29.8 Å². The van der Waals surface area contributed by atoms with Crippen molar-refractivity contribution in [2.45, 2.75) is 26.8 Å². The van der Waals surface area contributed by atoms with Gasteiger partial charge in [-0.15, -0.1) is 0 Å². The minimum atomic E-state index is -0.373. The first-order valence-corrected chi connectivity index (χ1v) is 8.29. The molecule has 0 saturated carbocycles. The number of hydrogen-bond donors (Lipinski definition) is 0. The predicted molar refractivity (Wildman–Crippen MR) is 97.6 cm³/mol. The molecule has 0 bridgehead atoms. The lowest BCUT2D eigenvalue weighted by atomic mass is 10.0. The Labute approximate surface area is 159 Å². The number of aromatic nitrogens is 1. The van der Waals surface area contributed by atoms with E-state index in [4.69, 9.17) is 0 Å². The lowest BCUT2D eigenvalue weighted by Gasteiger charge is -2.05. The van der Waals surface area contributed by atoms with Gasteiger partial charge in [-0.25, -0.2) is 4.57 Å². The number of aryl methyl sites for hydroxylation is 2. The summed E-state index contributed by atoms with van der Waals surface area (Å²) in [7, 11) is 0. The van der Waals surface area contributed by atoms with Crippen LogP contribution >= 0.6 is 0 Å². The van der Waals surface area contributed by atoms with Crippen LogP contribution in [0.15, 0.2) is 67.0 Å². The fourth-order valence-corrected chi connectivity index (χ4v) is 2.85. The van der Waals surface area contributed by atoms with E-state index in [0.717, 1.165) is 18.5 Å². The van der Waals surface area contributed by atoms with Crippen LogP contribution in [0.2, 0.25) is 0 Å². The Balaban J connectivity index is 0.00000243. The minimum absolute atomic E-state index is 0. The third kappa shape index (κ3) is 4.90. The SMILES string of the molecule is Cc1ccc(C)c(C[n+]2ccc(Cc3ccc([N+](=O)[O-])cc3)cc2)c1.[Cl-]. The summed E-state index contributed by atoms with van der Waals surface area (Å²) in [6.45, 7) is 5.10. The molecule has 0 aliphatic heterocycles. The van der Waals surface area contributed by atoms with Crippen LogP contribution in [0.4, 0.5) is 5.69 Å². The third-order valence-electron chi connectivity index (χ3n) is 4.37. The maximum atomic E-state index is 10.7. The molecule has 0 radical (unpaired) electrons. The molecule has 4 nitrogen and oxygen atoms in total. The highest BCUT2D eigenvalue weighted by molar-refractivity contribution is 5.35. The number of rotatable bonds is 5. The van der Waals surface area contributed by atoms with Crippen LogP contribution < -0.4 is 17.0 Å². The van der Waals surface area contributed by atoms with Crippen molar-refractivity contribution in [3.63, 3.8) is 0 Å². The number of pyridine rings is 1. The van der Waals surface area contributed by atoms with E-state index >= 15 is 0 Å². The molecular formula is C21H21ClN2O2. The lowest BCUT2D eigenvalue weighted by Crippen LogP contribution is -3.00. The Morgan fingerprint density at radius 2 is 1.54 bits per heavy atom. The van der Waals surface area contributed by atoms with Gasteiger partial charge < -0.3 is 12.4 Å². The van der Waals surface area contributed by atoms with Crippen LogP contribution in [0.1, 0.15) is 27.8 Å². The van der Waals surface area contributed by atoms with Crippen molar-refractivity contribution < 1.29 is 21.9 Å². The molecule has 1 aromatic heterocycles. The average Bonchev–Trinajstić information content (AvgIpc) is 2.60. The Bertz CT molecular complexity index is 891.